The van der Waals surface area contributed by atoms with Crippen LogP contribution in [-0.4, -0.2) is 37.6 Å². The first-order valence-electron chi connectivity index (χ1n) is 8.85. The second kappa shape index (κ2) is 7.08. The predicted molar refractivity (Wildman–Crippen MR) is 81.3 cm³/mol. The van der Waals surface area contributed by atoms with E-state index in [0.29, 0.717) is 0 Å². The highest BCUT2D eigenvalue weighted by molar-refractivity contribution is 4.83. The van der Waals surface area contributed by atoms with Gasteiger partial charge in [-0.2, -0.15) is 0 Å². The van der Waals surface area contributed by atoms with Gasteiger partial charge >= 0.3 is 0 Å². The molecule has 2 heteroatoms. The predicted octanol–water partition coefficient (Wildman–Crippen LogP) is 3.28. The van der Waals surface area contributed by atoms with E-state index in [-0.39, 0.29) is 0 Å². The fraction of sp³-hybridized carbons (Fsp3) is 1.00. The Kier molecular flexibility index (Phi) is 5.17. The molecule has 19 heavy (non-hydrogen) atoms. The van der Waals surface area contributed by atoms with Crippen LogP contribution in [0.2, 0.25) is 0 Å². The highest BCUT2D eigenvalue weighted by Gasteiger charge is 2.30. The molecule has 2 nitrogen and oxygen atoms in total. The van der Waals surface area contributed by atoms with Crippen LogP contribution in [0.25, 0.3) is 0 Å². The van der Waals surface area contributed by atoms with Crippen LogP contribution in [0.3, 0.4) is 0 Å². The van der Waals surface area contributed by atoms with E-state index < -0.39 is 0 Å². The Morgan fingerprint density at radius 1 is 0.947 bits per heavy atom. The molecule has 3 rings (SSSR count). The van der Waals surface area contributed by atoms with E-state index >= 15 is 0 Å². The second-order valence-corrected chi connectivity index (χ2v) is 7.25. The molecule has 0 aromatic rings. The summed E-state index contributed by atoms with van der Waals surface area (Å²) in [5.41, 5.74) is 0. The van der Waals surface area contributed by atoms with Crippen LogP contribution in [0.4, 0.5) is 0 Å². The van der Waals surface area contributed by atoms with Gasteiger partial charge in [0.15, 0.2) is 0 Å². The van der Waals surface area contributed by atoms with Crippen molar-refractivity contribution in [2.75, 3.05) is 32.7 Å². The number of hydrogen-bond acceptors (Lipinski definition) is 2. The van der Waals surface area contributed by atoms with Crippen molar-refractivity contribution in [1.82, 2.24) is 10.2 Å². The lowest BCUT2D eigenvalue weighted by Gasteiger charge is -2.41. The van der Waals surface area contributed by atoms with Crippen LogP contribution in [0.5, 0.6) is 0 Å². The molecule has 0 amide bonds. The smallest absolute Gasteiger partial charge is 0.00123 e. The molecule has 1 saturated carbocycles. The number of nitrogens with one attached hydrogen (secondary N) is 1. The van der Waals surface area contributed by atoms with Crippen LogP contribution in [-0.2, 0) is 0 Å². The largest absolute Gasteiger partial charge is 0.316 e. The molecule has 110 valence electrons. The molecule has 3 fully saturated rings. The molecule has 3 aliphatic rings. The van der Waals surface area contributed by atoms with Gasteiger partial charge in [0, 0.05) is 6.54 Å². The van der Waals surface area contributed by atoms with E-state index in [2.05, 4.69) is 10.2 Å². The molecular formula is C17H32N2. The molecule has 3 unspecified atom stereocenters. The van der Waals surface area contributed by atoms with Gasteiger partial charge in [-0.25, -0.2) is 0 Å². The fourth-order valence-electron chi connectivity index (χ4n) is 4.65. The third-order valence-electron chi connectivity index (χ3n) is 5.86. The summed E-state index contributed by atoms with van der Waals surface area (Å²) in [5.74, 6) is 3.12. The molecule has 2 saturated heterocycles. The molecule has 3 atom stereocenters. The first kappa shape index (κ1) is 13.9. The van der Waals surface area contributed by atoms with Gasteiger partial charge in [0.25, 0.3) is 0 Å². The SMILES string of the molecule is C1CNCC(CCCN2CCC3CCCCC3C2)C1. The highest BCUT2D eigenvalue weighted by Crippen LogP contribution is 2.36. The maximum Gasteiger partial charge on any atom is 0.00123 e. The molecule has 0 spiro atoms. The number of likely N-dealkylation sites (tertiary alicyclic amines) is 1. The van der Waals surface area contributed by atoms with Crippen molar-refractivity contribution in [2.45, 2.75) is 57.8 Å². The number of nitrogens with zero attached hydrogens (tertiary/aromatic N) is 1. The third-order valence-corrected chi connectivity index (χ3v) is 5.86. The van der Waals surface area contributed by atoms with Crippen molar-refractivity contribution in [3.05, 3.63) is 0 Å². The van der Waals surface area contributed by atoms with Gasteiger partial charge in [-0.15, -0.1) is 0 Å². The van der Waals surface area contributed by atoms with Crippen molar-refractivity contribution in [2.24, 2.45) is 17.8 Å². The van der Waals surface area contributed by atoms with Gasteiger partial charge in [0.1, 0.15) is 0 Å². The average Bonchev–Trinajstić information content (AvgIpc) is 2.48. The highest BCUT2D eigenvalue weighted by atomic mass is 15.1. The number of piperidine rings is 2. The van der Waals surface area contributed by atoms with Crippen LogP contribution < -0.4 is 5.32 Å². The topological polar surface area (TPSA) is 15.3 Å². The molecule has 0 bridgehead atoms. The number of hydrogen-bond donors (Lipinski definition) is 1. The summed E-state index contributed by atoms with van der Waals surface area (Å²) in [6, 6.07) is 0. The summed E-state index contributed by atoms with van der Waals surface area (Å²) < 4.78 is 0. The van der Waals surface area contributed by atoms with Crippen molar-refractivity contribution in [3.63, 3.8) is 0 Å². The van der Waals surface area contributed by atoms with Gasteiger partial charge < -0.3 is 10.2 Å². The number of fused-ring (bicyclic) bond motifs is 1. The third kappa shape index (κ3) is 3.95. The maximum atomic E-state index is 3.55. The Labute approximate surface area is 119 Å². The van der Waals surface area contributed by atoms with Gasteiger partial charge in [0.2, 0.25) is 0 Å². The lowest BCUT2D eigenvalue weighted by molar-refractivity contribution is 0.0845. The molecule has 1 N–H and O–H groups in total. The number of rotatable bonds is 4. The van der Waals surface area contributed by atoms with Crippen LogP contribution in [0.1, 0.15) is 57.8 Å². The summed E-state index contributed by atoms with van der Waals surface area (Å²) in [6.45, 7) is 6.73. The van der Waals surface area contributed by atoms with Crippen molar-refractivity contribution >= 4 is 0 Å². The fourth-order valence-corrected chi connectivity index (χ4v) is 4.65. The summed E-state index contributed by atoms with van der Waals surface area (Å²) >= 11 is 0. The Morgan fingerprint density at radius 3 is 2.68 bits per heavy atom. The Balaban J connectivity index is 1.34. The Bertz CT molecular complexity index is 260. The van der Waals surface area contributed by atoms with Crippen LogP contribution in [0, 0.1) is 17.8 Å². The van der Waals surface area contributed by atoms with E-state index in [1.165, 1.54) is 90.5 Å². The van der Waals surface area contributed by atoms with E-state index in [1.807, 2.05) is 0 Å². The molecule has 2 heterocycles. The zero-order chi connectivity index (χ0) is 12.9. The van der Waals surface area contributed by atoms with E-state index in [1.54, 1.807) is 0 Å². The lowest BCUT2D eigenvalue weighted by Crippen LogP contribution is -2.42. The average molecular weight is 264 g/mol. The van der Waals surface area contributed by atoms with Gasteiger partial charge in [0.05, 0.1) is 0 Å². The van der Waals surface area contributed by atoms with E-state index in [0.717, 1.165) is 17.8 Å². The van der Waals surface area contributed by atoms with Gasteiger partial charge in [-0.1, -0.05) is 19.3 Å². The van der Waals surface area contributed by atoms with Crippen molar-refractivity contribution in [3.8, 4) is 0 Å². The van der Waals surface area contributed by atoms with Crippen molar-refractivity contribution in [1.29, 1.82) is 0 Å². The summed E-state index contributed by atoms with van der Waals surface area (Å²) in [7, 11) is 0. The van der Waals surface area contributed by atoms with Gasteiger partial charge in [-0.05, 0) is 82.5 Å². The molecular weight excluding hydrogens is 232 g/mol. The molecule has 1 aliphatic carbocycles. The minimum atomic E-state index is 0.973. The Morgan fingerprint density at radius 2 is 1.84 bits per heavy atom. The first-order valence-corrected chi connectivity index (χ1v) is 8.85. The maximum absolute atomic E-state index is 3.55. The summed E-state index contributed by atoms with van der Waals surface area (Å²) in [6.07, 6.45) is 13.3. The minimum Gasteiger partial charge on any atom is -0.316 e. The second-order valence-electron chi connectivity index (χ2n) is 7.25. The zero-order valence-electron chi connectivity index (χ0n) is 12.6. The monoisotopic (exact) mass is 264 g/mol. The zero-order valence-corrected chi connectivity index (χ0v) is 12.6. The molecule has 2 aliphatic heterocycles. The normalized spacial score (nSPS) is 36.9. The van der Waals surface area contributed by atoms with E-state index in [9.17, 15) is 0 Å². The lowest BCUT2D eigenvalue weighted by atomic mass is 9.75. The first-order chi connectivity index (χ1) is 9.42. The van der Waals surface area contributed by atoms with E-state index in [4.69, 9.17) is 0 Å². The summed E-state index contributed by atoms with van der Waals surface area (Å²) in [4.78, 5) is 2.78. The van der Waals surface area contributed by atoms with Crippen molar-refractivity contribution < 1.29 is 0 Å². The van der Waals surface area contributed by atoms with Gasteiger partial charge in [-0.3, -0.25) is 0 Å². The summed E-state index contributed by atoms with van der Waals surface area (Å²) in [5, 5.41) is 3.55. The quantitative estimate of drug-likeness (QED) is 0.838. The molecule has 0 aromatic carbocycles. The minimum absolute atomic E-state index is 0.973. The molecule has 0 radical (unpaired) electrons. The standard InChI is InChI=1S/C17H32N2/c1-2-8-17-14-19(12-9-16(17)7-1)11-4-6-15-5-3-10-18-13-15/h15-18H,1-14H2. The van der Waals surface area contributed by atoms with Crippen LogP contribution in [0.15, 0.2) is 0 Å². The van der Waals surface area contributed by atoms with Crippen LogP contribution >= 0.6 is 0 Å². The molecule has 0 aromatic heterocycles. The Hall–Kier alpha value is -0.0800.